The van der Waals surface area contributed by atoms with Crippen LogP contribution in [0.2, 0.25) is 0 Å². The zero-order chi connectivity index (χ0) is 12.0. The molecule has 0 saturated carbocycles. The van der Waals surface area contributed by atoms with Gasteiger partial charge in [-0.2, -0.15) is 0 Å². The Bertz CT molecular complexity index is 220. The van der Waals surface area contributed by atoms with Crippen molar-refractivity contribution in [2.75, 3.05) is 19.6 Å². The Kier molecular flexibility index (Phi) is 5.77. The van der Waals surface area contributed by atoms with Crippen LogP contribution in [-0.2, 0) is 4.79 Å². The Labute approximate surface area is 98.6 Å². The average Bonchev–Trinajstić information content (AvgIpc) is 2.29. The number of carbonyl (C=O) groups is 1. The highest BCUT2D eigenvalue weighted by Crippen LogP contribution is 2.18. The van der Waals surface area contributed by atoms with Gasteiger partial charge in [-0.15, -0.1) is 0 Å². The van der Waals surface area contributed by atoms with Crippen molar-refractivity contribution >= 4 is 5.91 Å². The average molecular weight is 227 g/mol. The molecule has 94 valence electrons. The smallest absolute Gasteiger partial charge is 0.234 e. The van der Waals surface area contributed by atoms with E-state index in [2.05, 4.69) is 17.1 Å². The molecular weight excluding hydrogens is 202 g/mol. The van der Waals surface area contributed by atoms with E-state index in [9.17, 15) is 4.79 Å². The van der Waals surface area contributed by atoms with Crippen molar-refractivity contribution in [3.05, 3.63) is 0 Å². The quantitative estimate of drug-likeness (QED) is 0.657. The second-order valence-electron chi connectivity index (χ2n) is 4.67. The molecule has 1 amide bonds. The van der Waals surface area contributed by atoms with Gasteiger partial charge in [0.15, 0.2) is 0 Å². The molecule has 1 saturated heterocycles. The Morgan fingerprint density at radius 1 is 1.56 bits per heavy atom. The number of primary amides is 1. The molecule has 1 fully saturated rings. The van der Waals surface area contributed by atoms with Crippen LogP contribution in [0.4, 0.5) is 0 Å². The third-order valence-electron chi connectivity index (χ3n) is 3.39. The van der Waals surface area contributed by atoms with E-state index in [-0.39, 0.29) is 11.9 Å². The molecule has 0 radical (unpaired) electrons. The first-order valence-corrected chi connectivity index (χ1v) is 6.42. The summed E-state index contributed by atoms with van der Waals surface area (Å²) in [5, 5.41) is 3.43. The number of nitrogens with zero attached hydrogens (tertiary/aromatic N) is 1. The van der Waals surface area contributed by atoms with E-state index >= 15 is 0 Å². The first-order chi connectivity index (χ1) is 7.66. The monoisotopic (exact) mass is 227 g/mol. The molecule has 0 aliphatic carbocycles. The predicted octanol–water partition coefficient (Wildman–Crippen LogP) is 0.714. The van der Waals surface area contributed by atoms with E-state index < -0.39 is 0 Å². The summed E-state index contributed by atoms with van der Waals surface area (Å²) in [7, 11) is 0. The van der Waals surface area contributed by atoms with Gasteiger partial charge in [0.1, 0.15) is 0 Å². The van der Waals surface area contributed by atoms with Crippen LogP contribution in [0.3, 0.4) is 0 Å². The molecule has 1 rings (SSSR count). The van der Waals surface area contributed by atoms with Crippen molar-refractivity contribution in [3.63, 3.8) is 0 Å². The lowest BCUT2D eigenvalue weighted by atomic mass is 9.99. The van der Waals surface area contributed by atoms with E-state index in [1.54, 1.807) is 0 Å². The summed E-state index contributed by atoms with van der Waals surface area (Å²) in [6, 6.07) is 0.344. The summed E-state index contributed by atoms with van der Waals surface area (Å²) in [4.78, 5) is 13.5. The molecule has 16 heavy (non-hydrogen) atoms. The molecule has 0 aromatic rings. The van der Waals surface area contributed by atoms with Gasteiger partial charge < -0.3 is 11.1 Å². The van der Waals surface area contributed by atoms with Crippen LogP contribution in [0, 0.1) is 0 Å². The Balaban J connectivity index is 2.46. The number of hydrogen-bond acceptors (Lipinski definition) is 3. The molecule has 2 unspecified atom stereocenters. The number of piperidine rings is 1. The second kappa shape index (κ2) is 6.86. The lowest BCUT2D eigenvalue weighted by molar-refractivity contribution is -0.124. The highest BCUT2D eigenvalue weighted by atomic mass is 16.1. The second-order valence-corrected chi connectivity index (χ2v) is 4.67. The topological polar surface area (TPSA) is 58.4 Å². The first kappa shape index (κ1) is 13.5. The van der Waals surface area contributed by atoms with Gasteiger partial charge in [-0.1, -0.05) is 13.3 Å². The van der Waals surface area contributed by atoms with Crippen molar-refractivity contribution in [2.24, 2.45) is 5.73 Å². The lowest BCUT2D eigenvalue weighted by Crippen LogP contribution is -2.53. The summed E-state index contributed by atoms with van der Waals surface area (Å²) in [6.45, 7) is 7.11. The van der Waals surface area contributed by atoms with E-state index in [0.29, 0.717) is 6.04 Å². The summed E-state index contributed by atoms with van der Waals surface area (Å²) in [6.07, 6.45) is 4.77. The Morgan fingerprint density at radius 3 is 2.94 bits per heavy atom. The largest absolute Gasteiger partial charge is 0.368 e. The third-order valence-corrected chi connectivity index (χ3v) is 3.39. The number of rotatable bonds is 6. The van der Waals surface area contributed by atoms with Gasteiger partial charge >= 0.3 is 0 Å². The molecule has 1 aliphatic heterocycles. The number of likely N-dealkylation sites (tertiary alicyclic amines) is 1. The summed E-state index contributed by atoms with van der Waals surface area (Å²) in [5.41, 5.74) is 5.38. The summed E-state index contributed by atoms with van der Waals surface area (Å²) >= 11 is 0. The van der Waals surface area contributed by atoms with Crippen molar-refractivity contribution in [3.8, 4) is 0 Å². The zero-order valence-corrected chi connectivity index (χ0v) is 10.5. The van der Waals surface area contributed by atoms with E-state index in [1.807, 2.05) is 6.92 Å². The third kappa shape index (κ3) is 3.76. The first-order valence-electron chi connectivity index (χ1n) is 6.42. The molecule has 4 nitrogen and oxygen atoms in total. The molecule has 1 aliphatic rings. The fourth-order valence-electron chi connectivity index (χ4n) is 2.36. The Hall–Kier alpha value is -0.610. The minimum absolute atomic E-state index is 0.131. The maximum atomic E-state index is 11.2. The Morgan fingerprint density at radius 2 is 2.31 bits per heavy atom. The van der Waals surface area contributed by atoms with Gasteiger partial charge in [-0.05, 0) is 39.3 Å². The van der Waals surface area contributed by atoms with Crippen LogP contribution in [0.25, 0.3) is 0 Å². The molecule has 0 bridgehead atoms. The van der Waals surface area contributed by atoms with E-state index in [0.717, 1.165) is 26.1 Å². The van der Waals surface area contributed by atoms with Gasteiger partial charge in [-0.25, -0.2) is 0 Å². The zero-order valence-electron chi connectivity index (χ0n) is 10.5. The van der Waals surface area contributed by atoms with Crippen LogP contribution in [0.5, 0.6) is 0 Å². The minimum Gasteiger partial charge on any atom is -0.368 e. The highest BCUT2D eigenvalue weighted by molar-refractivity contribution is 5.79. The van der Waals surface area contributed by atoms with Crippen molar-refractivity contribution in [1.82, 2.24) is 10.2 Å². The molecule has 2 atom stereocenters. The fraction of sp³-hybridized carbons (Fsp3) is 0.917. The van der Waals surface area contributed by atoms with Crippen molar-refractivity contribution < 1.29 is 4.79 Å². The molecule has 1 heterocycles. The number of carbonyl (C=O) groups excluding carboxylic acids is 1. The number of amides is 1. The highest BCUT2D eigenvalue weighted by Gasteiger charge is 2.28. The molecule has 3 N–H and O–H groups in total. The van der Waals surface area contributed by atoms with Crippen LogP contribution >= 0.6 is 0 Å². The van der Waals surface area contributed by atoms with Gasteiger partial charge in [0.25, 0.3) is 0 Å². The standard InChI is InChI=1S/C12H25N3O/c1-3-7-14-9-11-6-4-5-8-15(11)10(2)12(13)16/h10-11,14H,3-9H2,1-2H3,(H2,13,16). The molecule has 0 spiro atoms. The van der Waals surface area contributed by atoms with E-state index in [4.69, 9.17) is 5.73 Å². The minimum atomic E-state index is -0.206. The fourth-order valence-corrected chi connectivity index (χ4v) is 2.36. The maximum Gasteiger partial charge on any atom is 0.234 e. The number of nitrogens with two attached hydrogens (primary N) is 1. The van der Waals surface area contributed by atoms with E-state index in [1.165, 1.54) is 19.3 Å². The number of hydrogen-bond donors (Lipinski definition) is 2. The predicted molar refractivity (Wildman–Crippen MR) is 66.2 cm³/mol. The molecule has 0 aromatic heterocycles. The van der Waals surface area contributed by atoms with Crippen LogP contribution in [0.15, 0.2) is 0 Å². The van der Waals surface area contributed by atoms with Crippen molar-refractivity contribution in [2.45, 2.75) is 51.6 Å². The summed E-state index contributed by atoms with van der Waals surface area (Å²) < 4.78 is 0. The number of nitrogens with one attached hydrogen (secondary N) is 1. The van der Waals surface area contributed by atoms with Gasteiger partial charge in [-0.3, -0.25) is 9.69 Å². The normalized spacial score (nSPS) is 24.2. The van der Waals surface area contributed by atoms with Crippen LogP contribution in [0.1, 0.15) is 39.5 Å². The molecular formula is C12H25N3O. The molecule has 0 aromatic carbocycles. The maximum absolute atomic E-state index is 11.2. The SMILES string of the molecule is CCCNCC1CCCCN1C(C)C(N)=O. The van der Waals surface area contributed by atoms with Crippen molar-refractivity contribution in [1.29, 1.82) is 0 Å². The van der Waals surface area contributed by atoms with Gasteiger partial charge in [0.05, 0.1) is 6.04 Å². The lowest BCUT2D eigenvalue weighted by Gasteiger charge is -2.38. The van der Waals surface area contributed by atoms with Crippen LogP contribution < -0.4 is 11.1 Å². The van der Waals surface area contributed by atoms with Crippen LogP contribution in [-0.4, -0.2) is 42.5 Å². The summed E-state index contributed by atoms with van der Waals surface area (Å²) in [5.74, 6) is -0.206. The van der Waals surface area contributed by atoms with Gasteiger partial charge in [0, 0.05) is 12.6 Å². The molecule has 4 heteroatoms. The van der Waals surface area contributed by atoms with Gasteiger partial charge in [0.2, 0.25) is 5.91 Å².